The number of sulfonamides is 1. The number of aryl methyl sites for hydroxylation is 2. The molecule has 0 atom stereocenters. The van der Waals surface area contributed by atoms with E-state index in [9.17, 15) is 13.2 Å². The van der Waals surface area contributed by atoms with Gasteiger partial charge in [-0.3, -0.25) is 9.10 Å². The number of hydrogen-bond acceptors (Lipinski definition) is 4. The Labute approximate surface area is 210 Å². The Bertz CT molecular complexity index is 1260. The van der Waals surface area contributed by atoms with Crippen LogP contribution in [0, 0.1) is 13.8 Å². The quantitative estimate of drug-likeness (QED) is 0.384. The second-order valence-corrected chi connectivity index (χ2v) is 10.6. The van der Waals surface area contributed by atoms with E-state index in [1.807, 2.05) is 32.0 Å². The molecule has 0 aliphatic rings. The van der Waals surface area contributed by atoms with Crippen LogP contribution in [0.4, 0.5) is 5.69 Å². The smallest absolute Gasteiger partial charge is 0.251 e. The van der Waals surface area contributed by atoms with Crippen molar-refractivity contribution in [3.05, 3.63) is 93.0 Å². The molecule has 0 heterocycles. The first-order valence-electron chi connectivity index (χ1n) is 10.5. The van der Waals surface area contributed by atoms with Crippen molar-refractivity contribution in [3.8, 4) is 5.75 Å². The van der Waals surface area contributed by atoms with Crippen molar-refractivity contribution < 1.29 is 17.9 Å². The SMILES string of the molecule is Cc1ccc(C)c(OCCNC(=O)c2ccc(N(Cc3c(Cl)cccc3Cl)S(C)(=O)=O)cc2)c1. The molecule has 0 radical (unpaired) electrons. The highest BCUT2D eigenvalue weighted by molar-refractivity contribution is 7.92. The number of carbonyl (C=O) groups is 1. The van der Waals surface area contributed by atoms with Crippen molar-refractivity contribution in [2.24, 2.45) is 0 Å². The van der Waals surface area contributed by atoms with E-state index in [1.54, 1.807) is 42.5 Å². The molecule has 3 aromatic rings. The Morgan fingerprint density at radius 2 is 1.65 bits per heavy atom. The zero-order valence-corrected chi connectivity index (χ0v) is 21.5. The van der Waals surface area contributed by atoms with Gasteiger partial charge in [0.05, 0.1) is 25.0 Å². The second-order valence-electron chi connectivity index (χ2n) is 7.89. The first-order valence-corrected chi connectivity index (χ1v) is 13.2. The number of ether oxygens (including phenoxy) is 1. The van der Waals surface area contributed by atoms with Crippen molar-refractivity contribution >= 4 is 44.8 Å². The molecule has 180 valence electrons. The van der Waals surface area contributed by atoms with Gasteiger partial charge in [-0.05, 0) is 67.4 Å². The van der Waals surface area contributed by atoms with Crippen LogP contribution >= 0.6 is 23.2 Å². The van der Waals surface area contributed by atoms with Gasteiger partial charge in [0.2, 0.25) is 10.0 Å². The summed E-state index contributed by atoms with van der Waals surface area (Å²) in [7, 11) is -3.63. The normalized spacial score (nSPS) is 11.2. The van der Waals surface area contributed by atoms with Gasteiger partial charge >= 0.3 is 0 Å². The second kappa shape index (κ2) is 11.1. The predicted molar refractivity (Wildman–Crippen MR) is 138 cm³/mol. The lowest BCUT2D eigenvalue weighted by Crippen LogP contribution is -2.30. The molecule has 0 fully saturated rings. The Morgan fingerprint density at radius 1 is 1.00 bits per heavy atom. The fourth-order valence-corrected chi connectivity index (χ4v) is 4.68. The molecule has 3 aromatic carbocycles. The molecular weight excluding hydrogens is 495 g/mol. The lowest BCUT2D eigenvalue weighted by atomic mass is 10.1. The Kier molecular flexibility index (Phi) is 8.47. The third-order valence-electron chi connectivity index (χ3n) is 5.17. The first kappa shape index (κ1) is 25.9. The molecule has 0 unspecified atom stereocenters. The van der Waals surface area contributed by atoms with Gasteiger partial charge in [-0.1, -0.05) is 41.4 Å². The van der Waals surface area contributed by atoms with Crippen LogP contribution in [0.1, 0.15) is 27.0 Å². The van der Waals surface area contributed by atoms with Crippen molar-refractivity contribution in [3.63, 3.8) is 0 Å². The highest BCUT2D eigenvalue weighted by Crippen LogP contribution is 2.29. The van der Waals surface area contributed by atoms with Crippen molar-refractivity contribution in [1.82, 2.24) is 5.32 Å². The maximum absolute atomic E-state index is 12.5. The molecule has 0 spiro atoms. The lowest BCUT2D eigenvalue weighted by molar-refractivity contribution is 0.0947. The molecule has 34 heavy (non-hydrogen) atoms. The topological polar surface area (TPSA) is 75.7 Å². The summed E-state index contributed by atoms with van der Waals surface area (Å²) in [6.07, 6.45) is 1.11. The Balaban J connectivity index is 1.65. The van der Waals surface area contributed by atoms with E-state index in [-0.39, 0.29) is 12.5 Å². The summed E-state index contributed by atoms with van der Waals surface area (Å²) in [5.41, 5.74) is 3.43. The Hall–Kier alpha value is -2.74. The Morgan fingerprint density at radius 3 is 2.26 bits per heavy atom. The molecule has 1 N–H and O–H groups in total. The van der Waals surface area contributed by atoms with Gasteiger partial charge in [0.25, 0.3) is 5.91 Å². The minimum atomic E-state index is -3.63. The summed E-state index contributed by atoms with van der Waals surface area (Å²) in [5.74, 6) is 0.509. The molecule has 0 aromatic heterocycles. The number of nitrogens with one attached hydrogen (secondary N) is 1. The highest BCUT2D eigenvalue weighted by atomic mass is 35.5. The standard InChI is InChI=1S/C25H26Cl2N2O4S/c1-17-7-8-18(2)24(15-17)33-14-13-28-25(30)19-9-11-20(12-10-19)29(34(3,31)32)16-21-22(26)5-4-6-23(21)27/h4-12,15H,13-14,16H2,1-3H3,(H,28,30). The number of benzene rings is 3. The highest BCUT2D eigenvalue weighted by Gasteiger charge is 2.21. The first-order chi connectivity index (χ1) is 16.1. The molecule has 0 aliphatic heterocycles. The molecule has 9 heteroatoms. The van der Waals surface area contributed by atoms with Gasteiger partial charge < -0.3 is 10.1 Å². The van der Waals surface area contributed by atoms with Gasteiger partial charge in [-0.2, -0.15) is 0 Å². The van der Waals surface area contributed by atoms with Crippen LogP contribution in [0.25, 0.3) is 0 Å². The third-order valence-corrected chi connectivity index (χ3v) is 7.02. The van der Waals surface area contributed by atoms with Crippen molar-refractivity contribution in [2.45, 2.75) is 20.4 Å². The fourth-order valence-electron chi connectivity index (χ4n) is 3.30. The van der Waals surface area contributed by atoms with Gasteiger partial charge in [-0.25, -0.2) is 8.42 Å². The average molecular weight is 521 g/mol. The predicted octanol–water partition coefficient (Wildman–Crippen LogP) is 5.39. The van der Waals surface area contributed by atoms with Crippen molar-refractivity contribution in [1.29, 1.82) is 0 Å². The maximum atomic E-state index is 12.5. The van der Waals surface area contributed by atoms with E-state index < -0.39 is 10.0 Å². The number of hydrogen-bond donors (Lipinski definition) is 1. The van der Waals surface area contributed by atoms with E-state index in [2.05, 4.69) is 5.32 Å². The van der Waals surface area contributed by atoms with Crippen LogP contribution in [0.5, 0.6) is 5.75 Å². The van der Waals surface area contributed by atoms with Gasteiger partial charge in [0, 0.05) is 21.2 Å². The van der Waals surface area contributed by atoms with E-state index in [4.69, 9.17) is 27.9 Å². The minimum absolute atomic E-state index is 0.0292. The molecule has 1 amide bonds. The lowest BCUT2D eigenvalue weighted by Gasteiger charge is -2.23. The molecule has 6 nitrogen and oxygen atoms in total. The molecular formula is C25H26Cl2N2O4S. The van der Waals surface area contributed by atoms with E-state index in [0.717, 1.165) is 23.1 Å². The van der Waals surface area contributed by atoms with Crippen LogP contribution < -0.4 is 14.4 Å². The number of carbonyl (C=O) groups excluding carboxylic acids is 1. The number of anilines is 1. The van der Waals surface area contributed by atoms with Crippen LogP contribution in [-0.4, -0.2) is 33.7 Å². The number of halogens is 2. The summed E-state index contributed by atoms with van der Waals surface area (Å²) >= 11 is 12.4. The zero-order chi connectivity index (χ0) is 24.9. The molecule has 0 saturated carbocycles. The fraction of sp³-hybridized carbons (Fsp3) is 0.240. The van der Waals surface area contributed by atoms with E-state index in [0.29, 0.717) is 40.0 Å². The average Bonchev–Trinajstić information content (AvgIpc) is 2.78. The summed E-state index contributed by atoms with van der Waals surface area (Å²) in [4.78, 5) is 12.5. The van der Waals surface area contributed by atoms with Crippen molar-refractivity contribution in [2.75, 3.05) is 23.7 Å². The van der Waals surface area contributed by atoms with Crippen LogP contribution in [0.2, 0.25) is 10.0 Å². The summed E-state index contributed by atoms with van der Waals surface area (Å²) < 4.78 is 31.9. The molecule has 3 rings (SSSR count). The monoisotopic (exact) mass is 520 g/mol. The zero-order valence-electron chi connectivity index (χ0n) is 19.1. The molecule has 0 aliphatic carbocycles. The van der Waals surface area contributed by atoms with E-state index >= 15 is 0 Å². The maximum Gasteiger partial charge on any atom is 0.251 e. The summed E-state index contributed by atoms with van der Waals surface area (Å²) in [6, 6.07) is 17.3. The third kappa shape index (κ3) is 6.65. The van der Waals surface area contributed by atoms with Gasteiger partial charge in [0.15, 0.2) is 0 Å². The number of amides is 1. The van der Waals surface area contributed by atoms with Gasteiger partial charge in [-0.15, -0.1) is 0 Å². The molecule has 0 saturated heterocycles. The number of nitrogens with zero attached hydrogens (tertiary/aromatic N) is 1. The largest absolute Gasteiger partial charge is 0.491 e. The number of rotatable bonds is 9. The molecule has 0 bridgehead atoms. The van der Waals surface area contributed by atoms with Crippen LogP contribution in [-0.2, 0) is 16.6 Å². The van der Waals surface area contributed by atoms with E-state index in [1.165, 1.54) is 4.31 Å². The minimum Gasteiger partial charge on any atom is -0.491 e. The van der Waals surface area contributed by atoms with Crippen LogP contribution in [0.15, 0.2) is 60.7 Å². The summed E-state index contributed by atoms with van der Waals surface area (Å²) in [5, 5.41) is 3.56. The van der Waals surface area contributed by atoms with Gasteiger partial charge in [0.1, 0.15) is 12.4 Å². The summed E-state index contributed by atoms with van der Waals surface area (Å²) in [6.45, 7) is 4.59. The van der Waals surface area contributed by atoms with Crippen LogP contribution in [0.3, 0.4) is 0 Å².